The van der Waals surface area contributed by atoms with E-state index in [0.29, 0.717) is 6.04 Å². The molecule has 3 heteroatoms. The number of rotatable bonds is 6. The molecule has 2 nitrogen and oxygen atoms in total. The first-order chi connectivity index (χ1) is 10.4. The van der Waals surface area contributed by atoms with Gasteiger partial charge >= 0.3 is 0 Å². The number of nitrogens with one attached hydrogen (secondary N) is 1. The Bertz CT molecular complexity index is 686. The van der Waals surface area contributed by atoms with E-state index < -0.39 is 0 Å². The Kier molecular flexibility index (Phi) is 4.63. The van der Waals surface area contributed by atoms with Gasteiger partial charge in [0.25, 0.3) is 0 Å². The molecule has 21 heavy (non-hydrogen) atoms. The molecule has 1 N–H and O–H groups in total. The molecule has 0 aliphatic carbocycles. The van der Waals surface area contributed by atoms with Crippen molar-refractivity contribution in [2.24, 2.45) is 0 Å². The zero-order chi connectivity index (χ0) is 14.5. The molecule has 1 unspecified atom stereocenters. The van der Waals surface area contributed by atoms with Gasteiger partial charge < -0.3 is 5.32 Å². The van der Waals surface area contributed by atoms with E-state index in [1.165, 1.54) is 21.2 Å². The van der Waals surface area contributed by atoms with Crippen LogP contribution in [0.5, 0.6) is 0 Å². The summed E-state index contributed by atoms with van der Waals surface area (Å²) in [6.45, 7) is 3.23. The standard InChI is InChI=1S/C18H20N2S/c1-2-9-20-18(11-15-7-5-10-21-15)17-13-19-12-14-6-3-4-8-16(14)17/h3-8,10,12-13,18,20H,2,9,11H2,1H3. The highest BCUT2D eigenvalue weighted by molar-refractivity contribution is 7.09. The average Bonchev–Trinajstić information content (AvgIpc) is 3.04. The van der Waals surface area contributed by atoms with Crippen LogP contribution in [0.3, 0.4) is 0 Å². The van der Waals surface area contributed by atoms with Crippen molar-refractivity contribution in [2.75, 3.05) is 6.54 Å². The van der Waals surface area contributed by atoms with Crippen molar-refractivity contribution in [3.63, 3.8) is 0 Å². The highest BCUT2D eigenvalue weighted by Crippen LogP contribution is 2.27. The van der Waals surface area contributed by atoms with Crippen LogP contribution in [-0.2, 0) is 6.42 Å². The third-order valence-electron chi connectivity index (χ3n) is 3.70. The van der Waals surface area contributed by atoms with Crippen LogP contribution in [0.2, 0.25) is 0 Å². The van der Waals surface area contributed by atoms with Gasteiger partial charge in [-0.15, -0.1) is 11.3 Å². The van der Waals surface area contributed by atoms with Gasteiger partial charge in [-0.25, -0.2) is 0 Å². The minimum absolute atomic E-state index is 0.321. The maximum atomic E-state index is 4.43. The first-order valence-electron chi connectivity index (χ1n) is 7.47. The lowest BCUT2D eigenvalue weighted by Crippen LogP contribution is -2.24. The number of thiophene rings is 1. The molecular weight excluding hydrogens is 276 g/mol. The third kappa shape index (κ3) is 3.31. The quantitative estimate of drug-likeness (QED) is 0.720. The molecular formula is C18H20N2S. The van der Waals surface area contributed by atoms with Crippen LogP contribution in [0.4, 0.5) is 0 Å². The number of hydrogen-bond donors (Lipinski definition) is 1. The third-order valence-corrected chi connectivity index (χ3v) is 4.60. The zero-order valence-electron chi connectivity index (χ0n) is 12.3. The second-order valence-electron chi connectivity index (χ2n) is 5.24. The summed E-state index contributed by atoms with van der Waals surface area (Å²) in [6, 6.07) is 13.2. The molecule has 0 fully saturated rings. The van der Waals surface area contributed by atoms with E-state index in [1.807, 2.05) is 23.7 Å². The normalized spacial score (nSPS) is 12.6. The van der Waals surface area contributed by atoms with Gasteiger partial charge in [0.05, 0.1) is 0 Å². The molecule has 2 heterocycles. The number of pyridine rings is 1. The van der Waals surface area contributed by atoms with Crippen molar-refractivity contribution >= 4 is 22.1 Å². The molecule has 1 aromatic carbocycles. The molecule has 2 aromatic heterocycles. The van der Waals surface area contributed by atoms with E-state index >= 15 is 0 Å². The Balaban J connectivity index is 1.97. The lowest BCUT2D eigenvalue weighted by Gasteiger charge is -2.20. The number of hydrogen-bond acceptors (Lipinski definition) is 3. The van der Waals surface area contributed by atoms with E-state index in [2.05, 4.69) is 59.0 Å². The first kappa shape index (κ1) is 14.2. The fourth-order valence-electron chi connectivity index (χ4n) is 2.66. The summed E-state index contributed by atoms with van der Waals surface area (Å²) in [7, 11) is 0. The van der Waals surface area contributed by atoms with E-state index in [1.54, 1.807) is 0 Å². The lowest BCUT2D eigenvalue weighted by atomic mass is 9.98. The largest absolute Gasteiger partial charge is 0.310 e. The molecule has 0 bridgehead atoms. The molecule has 0 amide bonds. The number of nitrogens with zero attached hydrogens (tertiary/aromatic N) is 1. The molecule has 3 aromatic rings. The van der Waals surface area contributed by atoms with Crippen LogP contribution in [-0.4, -0.2) is 11.5 Å². The topological polar surface area (TPSA) is 24.9 Å². The summed E-state index contributed by atoms with van der Waals surface area (Å²) in [5.41, 5.74) is 1.30. The highest BCUT2D eigenvalue weighted by Gasteiger charge is 2.15. The van der Waals surface area contributed by atoms with Crippen molar-refractivity contribution in [1.82, 2.24) is 10.3 Å². The molecule has 1 atom stereocenters. The van der Waals surface area contributed by atoms with Crippen molar-refractivity contribution in [3.8, 4) is 0 Å². The van der Waals surface area contributed by atoms with Crippen LogP contribution in [0.1, 0.15) is 29.8 Å². The predicted molar refractivity (Wildman–Crippen MR) is 90.8 cm³/mol. The Labute approximate surface area is 129 Å². The van der Waals surface area contributed by atoms with E-state index in [0.717, 1.165) is 19.4 Å². The van der Waals surface area contributed by atoms with E-state index in [4.69, 9.17) is 0 Å². The number of benzene rings is 1. The summed E-state index contributed by atoms with van der Waals surface area (Å²) in [4.78, 5) is 5.85. The van der Waals surface area contributed by atoms with E-state index in [9.17, 15) is 0 Å². The van der Waals surface area contributed by atoms with Gasteiger partial charge in [-0.3, -0.25) is 4.98 Å². The van der Waals surface area contributed by atoms with Crippen molar-refractivity contribution in [1.29, 1.82) is 0 Å². The molecule has 3 rings (SSSR count). The Morgan fingerprint density at radius 3 is 2.86 bits per heavy atom. The van der Waals surface area contributed by atoms with E-state index in [-0.39, 0.29) is 0 Å². The summed E-state index contributed by atoms with van der Waals surface area (Å²) >= 11 is 1.82. The summed E-state index contributed by atoms with van der Waals surface area (Å²) in [5.74, 6) is 0. The van der Waals surface area contributed by atoms with Crippen LogP contribution in [0.25, 0.3) is 10.8 Å². The minimum Gasteiger partial charge on any atom is -0.310 e. The van der Waals surface area contributed by atoms with Crippen LogP contribution < -0.4 is 5.32 Å². The van der Waals surface area contributed by atoms with Crippen LogP contribution in [0.15, 0.2) is 54.2 Å². The smallest absolute Gasteiger partial charge is 0.0390 e. The second kappa shape index (κ2) is 6.83. The van der Waals surface area contributed by atoms with Gasteiger partial charge in [0.2, 0.25) is 0 Å². The fourth-order valence-corrected chi connectivity index (χ4v) is 3.41. The maximum Gasteiger partial charge on any atom is 0.0390 e. The molecule has 0 aliphatic rings. The molecule has 0 aliphatic heterocycles. The molecule has 108 valence electrons. The van der Waals surface area contributed by atoms with Gasteiger partial charge in [0, 0.05) is 35.1 Å². The first-order valence-corrected chi connectivity index (χ1v) is 8.35. The molecule has 0 spiro atoms. The lowest BCUT2D eigenvalue weighted by molar-refractivity contribution is 0.534. The maximum absolute atomic E-state index is 4.43. The fraction of sp³-hybridized carbons (Fsp3) is 0.278. The van der Waals surface area contributed by atoms with Crippen LogP contribution in [0, 0.1) is 0 Å². The summed E-state index contributed by atoms with van der Waals surface area (Å²) in [6.07, 6.45) is 6.12. The van der Waals surface area contributed by atoms with Gasteiger partial charge in [0.15, 0.2) is 0 Å². The van der Waals surface area contributed by atoms with Crippen molar-refractivity contribution in [2.45, 2.75) is 25.8 Å². The molecule has 0 radical (unpaired) electrons. The van der Waals surface area contributed by atoms with Crippen molar-refractivity contribution in [3.05, 3.63) is 64.6 Å². The SMILES string of the molecule is CCCNC(Cc1cccs1)c1cncc2ccccc12. The number of aromatic nitrogens is 1. The van der Waals surface area contributed by atoms with Crippen molar-refractivity contribution < 1.29 is 0 Å². The second-order valence-corrected chi connectivity index (χ2v) is 6.27. The Morgan fingerprint density at radius 1 is 1.14 bits per heavy atom. The van der Waals surface area contributed by atoms with Gasteiger partial charge in [-0.2, -0.15) is 0 Å². The molecule has 0 saturated carbocycles. The zero-order valence-corrected chi connectivity index (χ0v) is 13.1. The van der Waals surface area contributed by atoms with Gasteiger partial charge in [0.1, 0.15) is 0 Å². The molecule has 0 saturated heterocycles. The van der Waals surface area contributed by atoms with Gasteiger partial charge in [-0.05, 0) is 35.4 Å². The monoisotopic (exact) mass is 296 g/mol. The predicted octanol–water partition coefficient (Wildman–Crippen LogP) is 4.58. The minimum atomic E-state index is 0.321. The van der Waals surface area contributed by atoms with Crippen LogP contribution >= 0.6 is 11.3 Å². The average molecular weight is 296 g/mol. The van der Waals surface area contributed by atoms with Gasteiger partial charge in [-0.1, -0.05) is 37.3 Å². The summed E-state index contributed by atoms with van der Waals surface area (Å²) in [5, 5.41) is 8.35. The highest BCUT2D eigenvalue weighted by atomic mass is 32.1. The Hall–Kier alpha value is -1.71. The Morgan fingerprint density at radius 2 is 2.05 bits per heavy atom. The number of fused-ring (bicyclic) bond motifs is 1. The summed E-state index contributed by atoms with van der Waals surface area (Å²) < 4.78 is 0.